The Labute approximate surface area is 114 Å². The van der Waals surface area contributed by atoms with Crippen LogP contribution in [0.1, 0.15) is 38.2 Å². The quantitative estimate of drug-likeness (QED) is 0.810. The molecule has 0 atom stereocenters. The van der Waals surface area contributed by atoms with Gasteiger partial charge in [0.25, 0.3) is 0 Å². The van der Waals surface area contributed by atoms with E-state index in [4.69, 9.17) is 16.3 Å². The number of hydrogen-bond acceptors (Lipinski definition) is 2. The normalized spacial score (nSPS) is 26.2. The van der Waals surface area contributed by atoms with E-state index in [9.17, 15) is 5.26 Å². The van der Waals surface area contributed by atoms with Gasteiger partial charge in [-0.2, -0.15) is 5.26 Å². The fourth-order valence-electron chi connectivity index (χ4n) is 2.96. The lowest BCUT2D eigenvalue weighted by Crippen LogP contribution is -2.40. The van der Waals surface area contributed by atoms with Crippen LogP contribution in [0, 0.1) is 17.2 Å². The van der Waals surface area contributed by atoms with Crippen LogP contribution in [0.15, 0.2) is 18.2 Å². The van der Waals surface area contributed by atoms with Crippen LogP contribution < -0.4 is 4.74 Å². The van der Waals surface area contributed by atoms with Gasteiger partial charge in [-0.05, 0) is 37.0 Å². The minimum Gasteiger partial charge on any atom is -0.496 e. The lowest BCUT2D eigenvalue weighted by atomic mass is 9.58. The molecular formula is C15H18ClNO. The van der Waals surface area contributed by atoms with E-state index < -0.39 is 5.41 Å². The Morgan fingerprint density at radius 2 is 2.22 bits per heavy atom. The van der Waals surface area contributed by atoms with E-state index in [1.807, 2.05) is 12.1 Å². The van der Waals surface area contributed by atoms with Crippen LogP contribution in [-0.4, -0.2) is 7.11 Å². The number of halogens is 1. The van der Waals surface area contributed by atoms with E-state index in [2.05, 4.69) is 13.0 Å². The first-order valence-corrected chi connectivity index (χ1v) is 6.78. The first kappa shape index (κ1) is 13.2. The molecule has 1 saturated carbocycles. The van der Waals surface area contributed by atoms with Gasteiger partial charge in [-0.1, -0.05) is 31.4 Å². The van der Waals surface area contributed by atoms with Gasteiger partial charge >= 0.3 is 0 Å². The van der Waals surface area contributed by atoms with Crippen molar-refractivity contribution >= 4 is 11.6 Å². The van der Waals surface area contributed by atoms with Gasteiger partial charge in [0.15, 0.2) is 0 Å². The summed E-state index contributed by atoms with van der Waals surface area (Å²) >= 11 is 6.05. The molecule has 1 aliphatic carbocycles. The van der Waals surface area contributed by atoms with Gasteiger partial charge in [0.1, 0.15) is 5.75 Å². The fraction of sp³-hybridized carbons (Fsp3) is 0.533. The first-order chi connectivity index (χ1) is 8.65. The molecule has 0 radical (unpaired) electrons. The Morgan fingerprint density at radius 1 is 1.50 bits per heavy atom. The largest absolute Gasteiger partial charge is 0.496 e. The molecule has 0 saturated heterocycles. The maximum absolute atomic E-state index is 9.54. The lowest BCUT2D eigenvalue weighted by Gasteiger charge is -2.43. The maximum Gasteiger partial charge on any atom is 0.123 e. The Morgan fingerprint density at radius 3 is 2.78 bits per heavy atom. The summed E-state index contributed by atoms with van der Waals surface area (Å²) in [4.78, 5) is 0. The van der Waals surface area contributed by atoms with E-state index in [0.717, 1.165) is 24.2 Å². The topological polar surface area (TPSA) is 33.0 Å². The summed E-state index contributed by atoms with van der Waals surface area (Å²) in [6.07, 6.45) is 4.23. The van der Waals surface area contributed by atoms with Gasteiger partial charge in [0.2, 0.25) is 0 Å². The van der Waals surface area contributed by atoms with E-state index >= 15 is 0 Å². The standard InChI is InChI=1S/C15H18ClNO/c1-3-4-11-8-15(9-11,10-17)13-7-12(16)5-6-14(13)18-2/h5-7,11H,3-4,8-9H2,1-2H3. The molecule has 1 aliphatic rings. The summed E-state index contributed by atoms with van der Waals surface area (Å²) in [5.74, 6) is 1.44. The third-order valence-electron chi connectivity index (χ3n) is 3.86. The van der Waals surface area contributed by atoms with Gasteiger partial charge in [-0.15, -0.1) is 0 Å². The average Bonchev–Trinajstić information content (AvgIpc) is 2.33. The van der Waals surface area contributed by atoms with Crippen LogP contribution in [0.2, 0.25) is 5.02 Å². The number of hydrogen-bond donors (Lipinski definition) is 0. The Hall–Kier alpha value is -1.20. The number of rotatable bonds is 4. The SMILES string of the molecule is CCCC1CC(C#N)(c2cc(Cl)ccc2OC)C1. The zero-order chi connectivity index (χ0) is 13.2. The van der Waals surface area contributed by atoms with Gasteiger partial charge < -0.3 is 4.74 Å². The van der Waals surface area contributed by atoms with Crippen molar-refractivity contribution in [3.8, 4) is 11.8 Å². The van der Waals surface area contributed by atoms with Crippen molar-refractivity contribution in [1.82, 2.24) is 0 Å². The molecule has 2 rings (SSSR count). The molecule has 2 nitrogen and oxygen atoms in total. The van der Waals surface area contributed by atoms with Crippen molar-refractivity contribution in [1.29, 1.82) is 5.26 Å². The van der Waals surface area contributed by atoms with Crippen LogP contribution >= 0.6 is 11.6 Å². The van der Waals surface area contributed by atoms with E-state index in [0.29, 0.717) is 10.9 Å². The van der Waals surface area contributed by atoms with Crippen molar-refractivity contribution in [3.63, 3.8) is 0 Å². The predicted molar refractivity (Wildman–Crippen MR) is 72.9 cm³/mol. The molecule has 0 unspecified atom stereocenters. The average molecular weight is 264 g/mol. The molecule has 3 heteroatoms. The highest BCUT2D eigenvalue weighted by molar-refractivity contribution is 6.30. The highest BCUT2D eigenvalue weighted by atomic mass is 35.5. The summed E-state index contributed by atoms with van der Waals surface area (Å²) < 4.78 is 5.37. The molecule has 18 heavy (non-hydrogen) atoms. The second-order valence-electron chi connectivity index (χ2n) is 5.10. The van der Waals surface area contributed by atoms with E-state index in [-0.39, 0.29) is 0 Å². The van der Waals surface area contributed by atoms with Crippen LogP contribution in [0.25, 0.3) is 0 Å². The van der Waals surface area contributed by atoms with Crippen molar-refractivity contribution in [2.75, 3.05) is 7.11 Å². The Kier molecular flexibility index (Phi) is 3.82. The first-order valence-electron chi connectivity index (χ1n) is 6.40. The molecule has 0 spiro atoms. The summed E-state index contributed by atoms with van der Waals surface area (Å²) in [7, 11) is 1.64. The molecule has 0 bridgehead atoms. The highest BCUT2D eigenvalue weighted by Gasteiger charge is 2.47. The summed E-state index contributed by atoms with van der Waals surface area (Å²) in [6, 6.07) is 8.02. The third kappa shape index (κ3) is 2.20. The monoisotopic (exact) mass is 263 g/mol. The zero-order valence-electron chi connectivity index (χ0n) is 10.9. The third-order valence-corrected chi connectivity index (χ3v) is 4.10. The van der Waals surface area contributed by atoms with Gasteiger partial charge in [-0.25, -0.2) is 0 Å². The molecule has 1 fully saturated rings. The maximum atomic E-state index is 9.54. The van der Waals surface area contributed by atoms with Crippen molar-refractivity contribution in [2.24, 2.45) is 5.92 Å². The smallest absolute Gasteiger partial charge is 0.123 e. The van der Waals surface area contributed by atoms with Gasteiger partial charge in [0.05, 0.1) is 18.6 Å². The fourth-order valence-corrected chi connectivity index (χ4v) is 3.14. The Balaban J connectivity index is 2.30. The predicted octanol–water partition coefficient (Wildman–Crippen LogP) is 4.32. The van der Waals surface area contributed by atoms with E-state index in [1.165, 1.54) is 12.8 Å². The number of benzene rings is 1. The molecule has 1 aromatic carbocycles. The summed E-state index contributed by atoms with van der Waals surface area (Å²) in [5.41, 5.74) is 0.558. The van der Waals surface area contributed by atoms with Crippen LogP contribution in [0.4, 0.5) is 0 Å². The van der Waals surface area contributed by atoms with Crippen molar-refractivity contribution < 1.29 is 4.74 Å². The molecule has 0 N–H and O–H groups in total. The van der Waals surface area contributed by atoms with Gasteiger partial charge in [-0.3, -0.25) is 0 Å². The highest BCUT2D eigenvalue weighted by Crippen LogP contribution is 2.52. The van der Waals surface area contributed by atoms with Crippen LogP contribution in [-0.2, 0) is 5.41 Å². The zero-order valence-corrected chi connectivity index (χ0v) is 11.6. The Bertz CT molecular complexity index is 472. The van der Waals surface area contributed by atoms with Gasteiger partial charge in [0, 0.05) is 10.6 Å². The number of ether oxygens (including phenoxy) is 1. The molecular weight excluding hydrogens is 246 g/mol. The van der Waals surface area contributed by atoms with E-state index in [1.54, 1.807) is 13.2 Å². The van der Waals surface area contributed by atoms with Crippen LogP contribution in [0.5, 0.6) is 5.75 Å². The second-order valence-corrected chi connectivity index (χ2v) is 5.54. The number of nitrogens with zero attached hydrogens (tertiary/aromatic N) is 1. The molecule has 0 amide bonds. The molecule has 96 valence electrons. The molecule has 0 aliphatic heterocycles. The number of methoxy groups -OCH3 is 1. The summed E-state index contributed by atoms with van der Waals surface area (Å²) in [6.45, 7) is 2.19. The second kappa shape index (κ2) is 5.20. The van der Waals surface area contributed by atoms with Crippen LogP contribution in [0.3, 0.4) is 0 Å². The minimum absolute atomic E-state index is 0.393. The molecule has 0 aromatic heterocycles. The molecule has 1 aromatic rings. The minimum atomic E-state index is -0.393. The molecule has 0 heterocycles. The number of nitriles is 1. The lowest BCUT2D eigenvalue weighted by molar-refractivity contribution is 0.180. The van der Waals surface area contributed by atoms with Crippen molar-refractivity contribution in [2.45, 2.75) is 38.0 Å². The van der Waals surface area contributed by atoms with Crippen molar-refractivity contribution in [3.05, 3.63) is 28.8 Å². The summed E-state index contributed by atoms with van der Waals surface area (Å²) in [5, 5.41) is 10.2.